The predicted octanol–water partition coefficient (Wildman–Crippen LogP) is 7.99. The zero-order valence-electron chi connectivity index (χ0n) is 40.3. The number of hydrogen-bond donors (Lipinski definition) is 0. The summed E-state index contributed by atoms with van der Waals surface area (Å²) in [7, 11) is 0. The SMILES string of the molecule is CCC(CCCC(CCCC(C)(C)C(=O)OCCOC(=O)C(CCC(=O)OCCOc1ccccc1)(CCC(=O)OCCOc1ccccc1)C(C)=O)N1CCCCCC1=O)N1CCCC1=O. The lowest BCUT2D eigenvalue weighted by atomic mass is 9.75. The van der Waals surface area contributed by atoms with Gasteiger partial charge in [0.1, 0.15) is 62.3 Å². The van der Waals surface area contributed by atoms with E-state index in [0.29, 0.717) is 37.2 Å². The van der Waals surface area contributed by atoms with Crippen LogP contribution in [0.15, 0.2) is 60.7 Å². The number of ketones is 1. The second kappa shape index (κ2) is 28.6. The molecule has 0 aromatic heterocycles. The molecule has 2 aliphatic rings. The summed E-state index contributed by atoms with van der Waals surface area (Å²) in [5, 5.41) is 0. The number of ether oxygens (including phenoxy) is 6. The van der Waals surface area contributed by atoms with E-state index in [1.807, 2.05) is 46.2 Å². The van der Waals surface area contributed by atoms with Crippen LogP contribution in [0.4, 0.5) is 0 Å². The van der Waals surface area contributed by atoms with Crippen LogP contribution in [0.1, 0.15) is 137 Å². The zero-order valence-corrected chi connectivity index (χ0v) is 40.3. The molecular weight excluding hydrogens is 861 g/mol. The van der Waals surface area contributed by atoms with Gasteiger partial charge in [0.15, 0.2) is 0 Å². The Morgan fingerprint density at radius 1 is 0.567 bits per heavy atom. The van der Waals surface area contributed by atoms with Crippen LogP contribution in [0.2, 0.25) is 0 Å². The molecule has 2 atom stereocenters. The number of carbonyl (C=O) groups excluding carboxylic acids is 7. The summed E-state index contributed by atoms with van der Waals surface area (Å²) in [5.41, 5.74) is -2.78. The third-order valence-corrected chi connectivity index (χ3v) is 12.9. The van der Waals surface area contributed by atoms with Crippen molar-refractivity contribution in [3.05, 3.63) is 60.7 Å². The van der Waals surface area contributed by atoms with Crippen LogP contribution in [0.25, 0.3) is 0 Å². The summed E-state index contributed by atoms with van der Waals surface area (Å²) < 4.78 is 32.9. The summed E-state index contributed by atoms with van der Waals surface area (Å²) in [5.74, 6) is -1.76. The van der Waals surface area contributed by atoms with E-state index in [1.165, 1.54) is 6.92 Å². The Morgan fingerprint density at radius 3 is 1.58 bits per heavy atom. The Morgan fingerprint density at radius 2 is 1.04 bits per heavy atom. The molecule has 0 aliphatic carbocycles. The normalized spacial score (nSPS) is 15.3. The monoisotopic (exact) mass is 935 g/mol. The van der Waals surface area contributed by atoms with Crippen LogP contribution in [-0.4, -0.2) is 116 Å². The minimum atomic E-state index is -1.89. The molecule has 2 aliphatic heterocycles. The maximum absolute atomic E-state index is 13.8. The van der Waals surface area contributed by atoms with E-state index in [4.69, 9.17) is 28.4 Å². The minimum Gasteiger partial charge on any atom is -0.490 e. The van der Waals surface area contributed by atoms with E-state index in [9.17, 15) is 33.6 Å². The van der Waals surface area contributed by atoms with Gasteiger partial charge in [0.2, 0.25) is 11.8 Å². The average molecular weight is 935 g/mol. The van der Waals surface area contributed by atoms with Crippen molar-refractivity contribution >= 4 is 41.5 Å². The lowest BCUT2D eigenvalue weighted by Crippen LogP contribution is -2.41. The Bertz CT molecular complexity index is 1810. The number of nitrogens with zero attached hydrogens (tertiary/aromatic N) is 2. The van der Waals surface area contributed by atoms with Crippen LogP contribution in [-0.2, 0) is 52.5 Å². The topological polar surface area (TPSA) is 181 Å². The van der Waals surface area contributed by atoms with Crippen molar-refractivity contribution in [1.29, 1.82) is 0 Å². The highest BCUT2D eigenvalue weighted by Crippen LogP contribution is 2.34. The van der Waals surface area contributed by atoms with Gasteiger partial charge in [0.25, 0.3) is 0 Å². The van der Waals surface area contributed by atoms with Gasteiger partial charge >= 0.3 is 23.9 Å². The minimum absolute atomic E-state index is 0.0381. The molecule has 67 heavy (non-hydrogen) atoms. The second-order valence-corrected chi connectivity index (χ2v) is 18.2. The number of esters is 4. The summed E-state index contributed by atoms with van der Waals surface area (Å²) in [6.07, 6.45) is 9.15. The number of hydrogen-bond acceptors (Lipinski definition) is 13. The molecule has 2 amide bonds. The molecule has 2 saturated heterocycles. The first kappa shape index (κ1) is 54.1. The summed E-state index contributed by atoms with van der Waals surface area (Å²) in [6, 6.07) is 18.3. The molecule has 2 aromatic rings. The highest BCUT2D eigenvalue weighted by atomic mass is 16.6. The number of para-hydroxylation sites is 2. The van der Waals surface area contributed by atoms with Gasteiger partial charge in [-0.2, -0.15) is 0 Å². The first-order valence-electron chi connectivity index (χ1n) is 24.4. The maximum Gasteiger partial charge on any atom is 0.319 e. The van der Waals surface area contributed by atoms with Crippen molar-refractivity contribution in [3.8, 4) is 11.5 Å². The Hall–Kier alpha value is -5.47. The van der Waals surface area contributed by atoms with Gasteiger partial charge in [-0.15, -0.1) is 0 Å². The van der Waals surface area contributed by atoms with Gasteiger partial charge in [0, 0.05) is 50.9 Å². The molecule has 0 radical (unpaired) electrons. The van der Waals surface area contributed by atoms with Gasteiger partial charge in [-0.25, -0.2) is 0 Å². The van der Waals surface area contributed by atoms with E-state index in [-0.39, 0.29) is 89.2 Å². The fourth-order valence-corrected chi connectivity index (χ4v) is 8.82. The number of amides is 2. The molecule has 370 valence electrons. The van der Waals surface area contributed by atoms with Crippen molar-refractivity contribution in [2.75, 3.05) is 52.7 Å². The molecule has 0 bridgehead atoms. The van der Waals surface area contributed by atoms with Crippen LogP contribution >= 0.6 is 0 Å². The van der Waals surface area contributed by atoms with Crippen molar-refractivity contribution < 1.29 is 62.0 Å². The Kier molecular flexibility index (Phi) is 23.1. The van der Waals surface area contributed by atoms with E-state index in [0.717, 1.165) is 70.9 Å². The molecule has 2 heterocycles. The van der Waals surface area contributed by atoms with Crippen LogP contribution < -0.4 is 9.47 Å². The molecule has 0 saturated carbocycles. The number of carbonyl (C=O) groups is 7. The highest BCUT2D eigenvalue weighted by Gasteiger charge is 2.45. The van der Waals surface area contributed by atoms with Crippen LogP contribution in [0.3, 0.4) is 0 Å². The van der Waals surface area contributed by atoms with Crippen molar-refractivity contribution in [2.24, 2.45) is 10.8 Å². The van der Waals surface area contributed by atoms with Crippen molar-refractivity contribution in [2.45, 2.75) is 149 Å². The first-order valence-corrected chi connectivity index (χ1v) is 24.4. The smallest absolute Gasteiger partial charge is 0.319 e. The fraction of sp³-hybridized carbons (Fsp3) is 0.635. The van der Waals surface area contributed by atoms with Gasteiger partial charge in [-0.05, 0) is 116 Å². The third kappa shape index (κ3) is 18.3. The molecule has 2 aromatic carbocycles. The maximum atomic E-state index is 13.8. The molecule has 15 heteroatoms. The number of likely N-dealkylation sites (tertiary alicyclic amines) is 2. The molecule has 0 N–H and O–H groups in total. The van der Waals surface area contributed by atoms with Gasteiger partial charge in [0.05, 0.1) is 5.41 Å². The largest absolute Gasteiger partial charge is 0.490 e. The zero-order chi connectivity index (χ0) is 48.5. The molecule has 2 unspecified atom stereocenters. The average Bonchev–Trinajstić information content (AvgIpc) is 3.63. The predicted molar refractivity (Wildman–Crippen MR) is 250 cm³/mol. The van der Waals surface area contributed by atoms with Gasteiger partial charge in [-0.3, -0.25) is 33.6 Å². The van der Waals surface area contributed by atoms with E-state index >= 15 is 0 Å². The summed E-state index contributed by atoms with van der Waals surface area (Å²) in [4.78, 5) is 96.0. The quantitative estimate of drug-likeness (QED) is 0.0307. The standard InChI is InChI=1S/C52H74N2O13/c1-5-41(53-33-17-26-46(53)57)18-15-19-42(54-32-14-8-13-25-45(54)56)20-16-29-51(3,4)49(60)66-38-39-67-50(61)52(40(2)55,30-27-47(58)64-36-34-62-43-21-9-6-10-22-43)31-28-48(59)65-37-35-63-44-23-11-7-12-24-44/h6-7,9-12,21-24,41-42H,5,8,13-20,25-39H2,1-4H3. The summed E-state index contributed by atoms with van der Waals surface area (Å²) in [6.45, 7) is 7.88. The highest BCUT2D eigenvalue weighted by molar-refractivity contribution is 6.03. The van der Waals surface area contributed by atoms with Crippen molar-refractivity contribution in [3.63, 3.8) is 0 Å². The third-order valence-electron chi connectivity index (χ3n) is 12.9. The van der Waals surface area contributed by atoms with Crippen LogP contribution in [0.5, 0.6) is 11.5 Å². The summed E-state index contributed by atoms with van der Waals surface area (Å²) >= 11 is 0. The number of benzene rings is 2. The van der Waals surface area contributed by atoms with E-state index in [1.54, 1.807) is 38.1 Å². The first-order chi connectivity index (χ1) is 32.3. The number of Topliss-reactive ketones (excluding diaryl/α,β-unsaturated/α-hetero) is 1. The lowest BCUT2D eigenvalue weighted by molar-refractivity contribution is -0.168. The molecule has 4 rings (SSSR count). The van der Waals surface area contributed by atoms with Crippen molar-refractivity contribution in [1.82, 2.24) is 9.80 Å². The number of rotatable bonds is 31. The van der Waals surface area contributed by atoms with E-state index in [2.05, 4.69) is 6.92 Å². The van der Waals surface area contributed by atoms with Gasteiger partial charge < -0.3 is 38.2 Å². The van der Waals surface area contributed by atoms with Gasteiger partial charge in [-0.1, -0.05) is 56.2 Å². The second-order valence-electron chi connectivity index (χ2n) is 18.2. The molecule has 0 spiro atoms. The molecule has 2 fully saturated rings. The van der Waals surface area contributed by atoms with Crippen LogP contribution in [0, 0.1) is 10.8 Å². The lowest BCUT2D eigenvalue weighted by Gasteiger charge is -2.33. The Balaban J connectivity index is 1.29. The fourth-order valence-electron chi connectivity index (χ4n) is 8.82. The van der Waals surface area contributed by atoms with E-state index < -0.39 is 40.5 Å². The Labute approximate surface area is 396 Å². The molecular formula is C52H74N2O13. The molecule has 15 nitrogen and oxygen atoms in total.